The van der Waals surface area contributed by atoms with E-state index in [0.29, 0.717) is 18.1 Å². The summed E-state index contributed by atoms with van der Waals surface area (Å²) in [5.41, 5.74) is 1.66. The van der Waals surface area contributed by atoms with Crippen molar-refractivity contribution in [3.05, 3.63) is 47.2 Å². The van der Waals surface area contributed by atoms with Gasteiger partial charge in [0.15, 0.2) is 5.82 Å². The number of aliphatic hydroxyl groups is 1. The number of anilines is 1. The molecule has 0 unspecified atom stereocenters. The van der Waals surface area contributed by atoms with Gasteiger partial charge in [0.25, 0.3) is 0 Å². The normalized spacial score (nSPS) is 10.2. The van der Waals surface area contributed by atoms with E-state index in [1.807, 2.05) is 24.3 Å². The van der Waals surface area contributed by atoms with Crippen molar-refractivity contribution in [2.45, 2.75) is 20.1 Å². The van der Waals surface area contributed by atoms with Crippen LogP contribution < -0.4 is 10.6 Å². The first-order chi connectivity index (χ1) is 9.19. The minimum Gasteiger partial charge on any atom is -0.392 e. The first-order valence-corrected chi connectivity index (χ1v) is 5.85. The Labute approximate surface area is 110 Å². The number of hydrogen-bond donors (Lipinski definition) is 3. The predicted molar refractivity (Wildman–Crippen MR) is 69.5 cm³/mol. The molecule has 6 heteroatoms. The van der Waals surface area contributed by atoms with E-state index >= 15 is 0 Å². The Morgan fingerprint density at radius 3 is 2.74 bits per heavy atom. The van der Waals surface area contributed by atoms with E-state index in [0.717, 1.165) is 11.1 Å². The zero-order valence-corrected chi connectivity index (χ0v) is 10.5. The molecular weight excluding hydrogens is 246 g/mol. The predicted octanol–water partition coefficient (Wildman–Crippen LogP) is 1.80. The second-order valence-corrected chi connectivity index (χ2v) is 4.06. The number of aromatic nitrogens is 1. The van der Waals surface area contributed by atoms with Gasteiger partial charge in [-0.25, -0.2) is 4.79 Å². The van der Waals surface area contributed by atoms with Gasteiger partial charge >= 0.3 is 6.03 Å². The Hall–Kier alpha value is -2.34. The van der Waals surface area contributed by atoms with Crippen LogP contribution in [0, 0.1) is 6.92 Å². The van der Waals surface area contributed by atoms with Gasteiger partial charge in [0.1, 0.15) is 5.76 Å². The quantitative estimate of drug-likeness (QED) is 0.783. The lowest BCUT2D eigenvalue weighted by Gasteiger charge is -2.08. The summed E-state index contributed by atoms with van der Waals surface area (Å²) in [6.07, 6.45) is 0. The monoisotopic (exact) mass is 261 g/mol. The van der Waals surface area contributed by atoms with Gasteiger partial charge in [0.2, 0.25) is 0 Å². The fourth-order valence-electron chi connectivity index (χ4n) is 1.65. The highest BCUT2D eigenvalue weighted by atomic mass is 16.5. The SMILES string of the molecule is Cc1cc(NC(=O)NCc2ccccc2CO)no1. The minimum absolute atomic E-state index is 0.0536. The number of urea groups is 1. The Morgan fingerprint density at radius 1 is 1.37 bits per heavy atom. The molecule has 0 bridgehead atoms. The Balaban J connectivity index is 1.89. The van der Waals surface area contributed by atoms with Gasteiger partial charge in [-0.1, -0.05) is 29.4 Å². The van der Waals surface area contributed by atoms with Gasteiger partial charge in [-0.3, -0.25) is 5.32 Å². The molecule has 100 valence electrons. The average Bonchev–Trinajstić information content (AvgIpc) is 2.82. The summed E-state index contributed by atoms with van der Waals surface area (Å²) in [5.74, 6) is 0.992. The standard InChI is InChI=1S/C13H15N3O3/c1-9-6-12(16-19-9)15-13(18)14-7-10-4-2-3-5-11(10)8-17/h2-6,17H,7-8H2,1H3,(H2,14,15,16,18). The lowest BCUT2D eigenvalue weighted by atomic mass is 10.1. The van der Waals surface area contributed by atoms with Crippen LogP contribution in [0.2, 0.25) is 0 Å². The molecular formula is C13H15N3O3. The summed E-state index contributed by atoms with van der Waals surface area (Å²) in [4.78, 5) is 11.6. The number of aliphatic hydroxyl groups excluding tert-OH is 1. The molecule has 19 heavy (non-hydrogen) atoms. The summed E-state index contributed by atoms with van der Waals surface area (Å²) in [5, 5.41) is 18.1. The molecule has 0 saturated heterocycles. The van der Waals surface area contributed by atoms with E-state index in [-0.39, 0.29) is 12.6 Å². The van der Waals surface area contributed by atoms with Crippen LogP contribution in [0.3, 0.4) is 0 Å². The van der Waals surface area contributed by atoms with Gasteiger partial charge in [-0.05, 0) is 18.1 Å². The van der Waals surface area contributed by atoms with Crippen LogP contribution in [0.5, 0.6) is 0 Å². The van der Waals surface area contributed by atoms with Gasteiger partial charge in [-0.15, -0.1) is 0 Å². The van der Waals surface area contributed by atoms with Crippen molar-refractivity contribution in [1.82, 2.24) is 10.5 Å². The molecule has 0 aliphatic rings. The maximum atomic E-state index is 11.6. The molecule has 0 aliphatic carbocycles. The minimum atomic E-state index is -0.374. The summed E-state index contributed by atoms with van der Waals surface area (Å²) >= 11 is 0. The van der Waals surface area contributed by atoms with E-state index in [1.54, 1.807) is 13.0 Å². The van der Waals surface area contributed by atoms with Crippen LogP contribution in [-0.4, -0.2) is 16.3 Å². The molecule has 0 aliphatic heterocycles. The lowest BCUT2D eigenvalue weighted by molar-refractivity contribution is 0.251. The van der Waals surface area contributed by atoms with E-state index in [2.05, 4.69) is 15.8 Å². The first-order valence-electron chi connectivity index (χ1n) is 5.85. The largest absolute Gasteiger partial charge is 0.392 e. The number of rotatable bonds is 4. The van der Waals surface area contributed by atoms with Crippen LogP contribution >= 0.6 is 0 Å². The maximum Gasteiger partial charge on any atom is 0.320 e. The second kappa shape index (κ2) is 6.01. The number of carbonyl (C=O) groups excluding carboxylic acids is 1. The van der Waals surface area contributed by atoms with Gasteiger partial charge in [-0.2, -0.15) is 0 Å². The van der Waals surface area contributed by atoms with E-state index < -0.39 is 0 Å². The molecule has 0 fully saturated rings. The number of hydrogen-bond acceptors (Lipinski definition) is 4. The molecule has 0 saturated carbocycles. The molecule has 2 aromatic rings. The van der Waals surface area contributed by atoms with E-state index in [1.165, 1.54) is 0 Å². The number of carbonyl (C=O) groups is 1. The van der Waals surface area contributed by atoms with Crippen LogP contribution in [0.25, 0.3) is 0 Å². The summed E-state index contributed by atoms with van der Waals surface area (Å²) in [6, 6.07) is 8.62. The number of aryl methyl sites for hydroxylation is 1. The molecule has 6 nitrogen and oxygen atoms in total. The molecule has 1 aromatic carbocycles. The first kappa shape index (κ1) is 13.1. The van der Waals surface area contributed by atoms with Crippen molar-refractivity contribution in [2.75, 3.05) is 5.32 Å². The Kier molecular flexibility index (Phi) is 4.15. The molecule has 3 N–H and O–H groups in total. The lowest BCUT2D eigenvalue weighted by Crippen LogP contribution is -2.28. The highest BCUT2D eigenvalue weighted by Crippen LogP contribution is 2.09. The molecule has 1 aromatic heterocycles. The van der Waals surface area contributed by atoms with E-state index in [9.17, 15) is 9.90 Å². The zero-order valence-electron chi connectivity index (χ0n) is 10.5. The van der Waals surface area contributed by atoms with Crippen molar-refractivity contribution in [3.8, 4) is 0 Å². The molecule has 0 spiro atoms. The molecule has 0 radical (unpaired) electrons. The molecule has 2 rings (SSSR count). The van der Waals surface area contributed by atoms with Gasteiger partial charge in [0, 0.05) is 12.6 Å². The number of nitrogens with zero attached hydrogens (tertiary/aromatic N) is 1. The van der Waals surface area contributed by atoms with Crippen molar-refractivity contribution in [2.24, 2.45) is 0 Å². The van der Waals surface area contributed by atoms with Crippen LogP contribution in [0.4, 0.5) is 10.6 Å². The summed E-state index contributed by atoms with van der Waals surface area (Å²) in [6.45, 7) is 2.02. The molecule has 0 atom stereocenters. The Bertz CT molecular complexity index is 566. The summed E-state index contributed by atoms with van der Waals surface area (Å²) < 4.78 is 4.84. The van der Waals surface area contributed by atoms with Crippen LogP contribution in [0.1, 0.15) is 16.9 Å². The summed E-state index contributed by atoms with van der Waals surface area (Å²) in [7, 11) is 0. The fourth-order valence-corrected chi connectivity index (χ4v) is 1.65. The molecule has 1 heterocycles. The third-order valence-electron chi connectivity index (χ3n) is 2.60. The van der Waals surface area contributed by atoms with Crippen molar-refractivity contribution in [3.63, 3.8) is 0 Å². The fraction of sp³-hybridized carbons (Fsp3) is 0.231. The van der Waals surface area contributed by atoms with Crippen molar-refractivity contribution >= 4 is 11.8 Å². The highest BCUT2D eigenvalue weighted by Gasteiger charge is 2.06. The third-order valence-corrected chi connectivity index (χ3v) is 2.60. The topological polar surface area (TPSA) is 87.4 Å². The van der Waals surface area contributed by atoms with E-state index in [4.69, 9.17) is 4.52 Å². The van der Waals surface area contributed by atoms with Gasteiger partial charge < -0.3 is 14.9 Å². The highest BCUT2D eigenvalue weighted by molar-refractivity contribution is 5.88. The Morgan fingerprint density at radius 2 is 2.11 bits per heavy atom. The van der Waals surface area contributed by atoms with Crippen molar-refractivity contribution in [1.29, 1.82) is 0 Å². The second-order valence-electron chi connectivity index (χ2n) is 4.06. The van der Waals surface area contributed by atoms with Gasteiger partial charge in [0.05, 0.1) is 6.61 Å². The number of amides is 2. The maximum absolute atomic E-state index is 11.6. The smallest absolute Gasteiger partial charge is 0.320 e. The number of benzene rings is 1. The number of nitrogens with one attached hydrogen (secondary N) is 2. The van der Waals surface area contributed by atoms with Crippen LogP contribution in [0.15, 0.2) is 34.9 Å². The zero-order chi connectivity index (χ0) is 13.7. The third kappa shape index (κ3) is 3.56. The average molecular weight is 261 g/mol. The molecule has 2 amide bonds. The van der Waals surface area contributed by atoms with Crippen LogP contribution in [-0.2, 0) is 13.2 Å². The van der Waals surface area contributed by atoms with Crippen molar-refractivity contribution < 1.29 is 14.4 Å².